The molecule has 0 bridgehead atoms. The maximum absolute atomic E-state index is 12.2. The first-order valence-electron chi connectivity index (χ1n) is 10.4. The van der Waals surface area contributed by atoms with Crippen LogP contribution < -0.4 is 20.1 Å². The second-order valence-corrected chi connectivity index (χ2v) is 7.79. The minimum absolute atomic E-state index is 0.0848. The average Bonchev–Trinajstić information content (AvgIpc) is 2.76. The zero-order chi connectivity index (χ0) is 23.1. The molecule has 0 spiro atoms. The molecule has 6 heteroatoms. The van der Waals surface area contributed by atoms with E-state index in [1.54, 1.807) is 24.3 Å². The number of aryl methyl sites for hydroxylation is 4. The third kappa shape index (κ3) is 6.60. The summed E-state index contributed by atoms with van der Waals surface area (Å²) in [6.45, 7) is 7.65. The molecule has 0 atom stereocenters. The maximum Gasteiger partial charge on any atom is 0.262 e. The first kappa shape index (κ1) is 22.9. The number of hydrogen-bond acceptors (Lipinski definition) is 4. The lowest BCUT2D eigenvalue weighted by Crippen LogP contribution is -2.21. The van der Waals surface area contributed by atoms with E-state index in [2.05, 4.69) is 10.6 Å². The lowest BCUT2D eigenvalue weighted by Gasteiger charge is -2.12. The highest BCUT2D eigenvalue weighted by Gasteiger charge is 2.08. The topological polar surface area (TPSA) is 76.7 Å². The van der Waals surface area contributed by atoms with Crippen molar-refractivity contribution in [2.75, 3.05) is 23.8 Å². The fourth-order valence-corrected chi connectivity index (χ4v) is 3.04. The summed E-state index contributed by atoms with van der Waals surface area (Å²) in [5, 5.41) is 5.57. The van der Waals surface area contributed by atoms with Crippen molar-refractivity contribution in [3.63, 3.8) is 0 Å². The molecule has 166 valence electrons. The van der Waals surface area contributed by atoms with Crippen LogP contribution in [-0.2, 0) is 9.59 Å². The van der Waals surface area contributed by atoms with Crippen LogP contribution >= 0.6 is 0 Å². The van der Waals surface area contributed by atoms with Gasteiger partial charge in [0, 0.05) is 11.4 Å². The van der Waals surface area contributed by atoms with Gasteiger partial charge >= 0.3 is 0 Å². The molecule has 2 amide bonds. The molecule has 0 aromatic heterocycles. The van der Waals surface area contributed by atoms with Gasteiger partial charge in [-0.05, 0) is 86.3 Å². The Kier molecular flexibility index (Phi) is 7.49. The van der Waals surface area contributed by atoms with Crippen LogP contribution in [0.5, 0.6) is 11.5 Å². The third-order valence-corrected chi connectivity index (χ3v) is 4.86. The quantitative estimate of drug-likeness (QED) is 0.528. The Morgan fingerprint density at radius 1 is 0.625 bits per heavy atom. The molecule has 0 aliphatic carbocycles. The molecule has 0 unspecified atom stereocenters. The number of benzene rings is 3. The van der Waals surface area contributed by atoms with E-state index < -0.39 is 0 Å². The second-order valence-electron chi connectivity index (χ2n) is 7.79. The molecule has 2 N–H and O–H groups in total. The van der Waals surface area contributed by atoms with E-state index >= 15 is 0 Å². The maximum atomic E-state index is 12.2. The third-order valence-electron chi connectivity index (χ3n) is 4.86. The van der Waals surface area contributed by atoms with Gasteiger partial charge in [-0.25, -0.2) is 0 Å². The molecule has 0 heterocycles. The summed E-state index contributed by atoms with van der Waals surface area (Å²) >= 11 is 0. The van der Waals surface area contributed by atoms with E-state index in [-0.39, 0.29) is 25.0 Å². The summed E-state index contributed by atoms with van der Waals surface area (Å²) in [7, 11) is 0. The minimum Gasteiger partial charge on any atom is -0.483 e. The van der Waals surface area contributed by atoms with Crippen LogP contribution in [0.25, 0.3) is 0 Å². The highest BCUT2D eigenvalue weighted by Crippen LogP contribution is 2.20. The summed E-state index contributed by atoms with van der Waals surface area (Å²) in [6, 6.07) is 18.6. The van der Waals surface area contributed by atoms with Gasteiger partial charge in [-0.1, -0.05) is 24.3 Å². The lowest BCUT2D eigenvalue weighted by atomic mass is 10.1. The smallest absolute Gasteiger partial charge is 0.262 e. The van der Waals surface area contributed by atoms with Crippen LogP contribution in [0.3, 0.4) is 0 Å². The van der Waals surface area contributed by atoms with E-state index in [1.165, 1.54) is 0 Å². The molecule has 0 saturated heterocycles. The molecule has 0 aliphatic heterocycles. The summed E-state index contributed by atoms with van der Waals surface area (Å²) in [5.41, 5.74) is 5.33. The fraction of sp³-hybridized carbons (Fsp3) is 0.231. The van der Waals surface area contributed by atoms with Crippen LogP contribution in [-0.4, -0.2) is 25.0 Å². The van der Waals surface area contributed by atoms with Crippen LogP contribution in [0.4, 0.5) is 11.4 Å². The van der Waals surface area contributed by atoms with E-state index in [0.717, 1.165) is 22.3 Å². The largest absolute Gasteiger partial charge is 0.483 e. The van der Waals surface area contributed by atoms with E-state index in [0.29, 0.717) is 22.9 Å². The molecular formula is C26H28N2O4. The standard InChI is InChI=1S/C26H28N2O4/c1-17-5-7-19(3)23(13-17)31-15-25(29)27-21-9-11-22(12-10-21)28-26(30)16-32-24-14-18(2)6-8-20(24)4/h5-14H,15-16H2,1-4H3,(H,27,29)(H,28,30). The first-order valence-corrected chi connectivity index (χ1v) is 10.4. The van der Waals surface area contributed by atoms with Gasteiger partial charge in [-0.15, -0.1) is 0 Å². The van der Waals surface area contributed by atoms with Gasteiger partial charge in [0.05, 0.1) is 0 Å². The molecule has 6 nitrogen and oxygen atoms in total. The first-order chi connectivity index (χ1) is 15.3. The Hall–Kier alpha value is -3.80. The van der Waals surface area contributed by atoms with Crippen LogP contribution in [0, 0.1) is 27.7 Å². The molecular weight excluding hydrogens is 404 g/mol. The Morgan fingerprint density at radius 3 is 1.38 bits per heavy atom. The van der Waals surface area contributed by atoms with Gasteiger partial charge < -0.3 is 20.1 Å². The summed E-state index contributed by atoms with van der Waals surface area (Å²) in [4.78, 5) is 24.4. The Labute approximate surface area is 188 Å². The highest BCUT2D eigenvalue weighted by atomic mass is 16.5. The lowest BCUT2D eigenvalue weighted by molar-refractivity contribution is -0.118. The molecule has 0 fully saturated rings. The average molecular weight is 433 g/mol. The van der Waals surface area contributed by atoms with Crippen molar-refractivity contribution < 1.29 is 19.1 Å². The molecule has 3 rings (SSSR count). The summed E-state index contributed by atoms with van der Waals surface area (Å²) in [5.74, 6) is 0.872. The van der Waals surface area contributed by atoms with Gasteiger partial charge in [0.1, 0.15) is 11.5 Å². The van der Waals surface area contributed by atoms with Crippen LogP contribution in [0.2, 0.25) is 0 Å². The van der Waals surface area contributed by atoms with Crippen molar-refractivity contribution >= 4 is 23.2 Å². The summed E-state index contributed by atoms with van der Waals surface area (Å²) in [6.07, 6.45) is 0. The monoisotopic (exact) mass is 432 g/mol. The Morgan fingerprint density at radius 2 is 1.00 bits per heavy atom. The van der Waals surface area contributed by atoms with Crippen molar-refractivity contribution in [1.29, 1.82) is 0 Å². The van der Waals surface area contributed by atoms with Gasteiger partial charge in [0.2, 0.25) is 0 Å². The van der Waals surface area contributed by atoms with Gasteiger partial charge in [-0.3, -0.25) is 9.59 Å². The number of carbonyl (C=O) groups is 2. The molecule has 0 radical (unpaired) electrons. The fourth-order valence-electron chi connectivity index (χ4n) is 3.04. The van der Waals surface area contributed by atoms with E-state index in [1.807, 2.05) is 64.1 Å². The van der Waals surface area contributed by atoms with Crippen LogP contribution in [0.1, 0.15) is 22.3 Å². The second kappa shape index (κ2) is 10.5. The van der Waals surface area contributed by atoms with Crippen LogP contribution in [0.15, 0.2) is 60.7 Å². The van der Waals surface area contributed by atoms with Crippen molar-refractivity contribution in [2.45, 2.75) is 27.7 Å². The number of carbonyl (C=O) groups excluding carboxylic acids is 2. The molecule has 32 heavy (non-hydrogen) atoms. The number of anilines is 2. The SMILES string of the molecule is Cc1ccc(C)c(OCC(=O)Nc2ccc(NC(=O)COc3cc(C)ccc3C)cc2)c1. The Balaban J connectivity index is 1.46. The number of amides is 2. The van der Waals surface area contributed by atoms with Crippen molar-refractivity contribution in [2.24, 2.45) is 0 Å². The van der Waals surface area contributed by atoms with E-state index in [4.69, 9.17) is 9.47 Å². The Bertz CT molecular complexity index is 1020. The molecule has 3 aromatic carbocycles. The summed E-state index contributed by atoms with van der Waals surface area (Å²) < 4.78 is 11.2. The van der Waals surface area contributed by atoms with Gasteiger partial charge in [0.25, 0.3) is 11.8 Å². The molecule has 0 saturated carbocycles. The van der Waals surface area contributed by atoms with Crippen molar-refractivity contribution in [3.05, 3.63) is 82.9 Å². The zero-order valence-electron chi connectivity index (χ0n) is 18.8. The highest BCUT2D eigenvalue weighted by molar-refractivity contribution is 5.94. The van der Waals surface area contributed by atoms with E-state index in [9.17, 15) is 9.59 Å². The van der Waals surface area contributed by atoms with Gasteiger partial charge in [-0.2, -0.15) is 0 Å². The predicted octanol–water partition coefficient (Wildman–Crippen LogP) is 4.96. The number of rotatable bonds is 8. The zero-order valence-corrected chi connectivity index (χ0v) is 18.8. The number of hydrogen-bond donors (Lipinski definition) is 2. The molecule has 3 aromatic rings. The molecule has 0 aliphatic rings. The minimum atomic E-state index is -0.260. The number of nitrogens with one attached hydrogen (secondary N) is 2. The van der Waals surface area contributed by atoms with Crippen molar-refractivity contribution in [3.8, 4) is 11.5 Å². The normalized spacial score (nSPS) is 10.4. The number of ether oxygens (including phenoxy) is 2. The van der Waals surface area contributed by atoms with Gasteiger partial charge in [0.15, 0.2) is 13.2 Å². The predicted molar refractivity (Wildman–Crippen MR) is 127 cm³/mol. The van der Waals surface area contributed by atoms with Crippen molar-refractivity contribution in [1.82, 2.24) is 0 Å².